The fraction of sp³-hybridized carbons (Fsp3) is 0.571. The average molecular weight is 164 g/mol. The minimum Gasteiger partial charge on any atom is -0.361 e. The molecule has 0 aliphatic heterocycles. The smallest absolute Gasteiger partial charge is 0.142 e. The Labute approximate surface area is 69.0 Å². The van der Waals surface area contributed by atoms with E-state index < -0.39 is 0 Å². The van der Waals surface area contributed by atoms with Crippen molar-refractivity contribution in [2.24, 2.45) is 5.11 Å². The van der Waals surface area contributed by atoms with Crippen molar-refractivity contribution in [2.75, 3.05) is 0 Å². The van der Waals surface area contributed by atoms with E-state index in [1.165, 1.54) is 12.8 Å². The summed E-state index contributed by atoms with van der Waals surface area (Å²) in [5, 5.41) is 7.25. The van der Waals surface area contributed by atoms with Gasteiger partial charge in [0.1, 0.15) is 5.76 Å². The largest absolute Gasteiger partial charge is 0.361 e. The lowest BCUT2D eigenvalue weighted by Crippen LogP contribution is -1.74. The van der Waals surface area contributed by atoms with Crippen LogP contribution in [0.3, 0.4) is 0 Å². The van der Waals surface area contributed by atoms with Crippen LogP contribution in [0.1, 0.15) is 30.2 Å². The second-order valence-electron chi connectivity index (χ2n) is 2.88. The van der Waals surface area contributed by atoms with Gasteiger partial charge in [-0.15, -0.1) is 0 Å². The van der Waals surface area contributed by atoms with Crippen LogP contribution in [0.5, 0.6) is 0 Å². The summed E-state index contributed by atoms with van der Waals surface area (Å²) < 4.78 is 4.95. The molecule has 0 bridgehead atoms. The highest BCUT2D eigenvalue weighted by atomic mass is 16.5. The summed E-state index contributed by atoms with van der Waals surface area (Å²) in [5.41, 5.74) is 9.05. The summed E-state index contributed by atoms with van der Waals surface area (Å²) in [5.74, 6) is 1.24. The number of aromatic nitrogens is 1. The van der Waals surface area contributed by atoms with Crippen LogP contribution in [-0.4, -0.2) is 5.16 Å². The number of nitrogens with zero attached hydrogens (tertiary/aromatic N) is 4. The Morgan fingerprint density at radius 2 is 2.58 bits per heavy atom. The lowest BCUT2D eigenvalue weighted by molar-refractivity contribution is 0.379. The summed E-state index contributed by atoms with van der Waals surface area (Å²) in [6.07, 6.45) is 2.40. The van der Waals surface area contributed by atoms with Gasteiger partial charge in [-0.2, -0.15) is 0 Å². The van der Waals surface area contributed by atoms with E-state index in [0.29, 0.717) is 11.7 Å². The van der Waals surface area contributed by atoms with Crippen molar-refractivity contribution in [1.29, 1.82) is 0 Å². The van der Waals surface area contributed by atoms with Gasteiger partial charge in [-0.3, -0.25) is 0 Å². The Hall–Kier alpha value is -1.48. The van der Waals surface area contributed by atoms with Crippen LogP contribution in [0.25, 0.3) is 10.4 Å². The zero-order valence-corrected chi connectivity index (χ0v) is 6.47. The quantitative estimate of drug-likeness (QED) is 0.390. The molecule has 0 aromatic carbocycles. The first-order valence-electron chi connectivity index (χ1n) is 3.86. The Morgan fingerprint density at radius 3 is 3.25 bits per heavy atom. The molecule has 1 aromatic heterocycles. The molecule has 1 aliphatic carbocycles. The molecule has 5 nitrogen and oxygen atoms in total. The van der Waals surface area contributed by atoms with E-state index in [2.05, 4.69) is 15.2 Å². The number of hydrogen-bond donors (Lipinski definition) is 0. The minimum absolute atomic E-state index is 0.260. The van der Waals surface area contributed by atoms with Gasteiger partial charge in [0.25, 0.3) is 0 Å². The maximum absolute atomic E-state index is 8.05. The molecule has 1 aromatic rings. The maximum atomic E-state index is 8.05. The lowest BCUT2D eigenvalue weighted by atomic mass is 10.3. The van der Waals surface area contributed by atoms with Gasteiger partial charge in [0, 0.05) is 16.9 Å². The zero-order chi connectivity index (χ0) is 8.39. The summed E-state index contributed by atoms with van der Waals surface area (Å²) in [7, 11) is 0. The Bertz CT molecular complexity index is 322. The summed E-state index contributed by atoms with van der Waals surface area (Å²) >= 11 is 0. The predicted octanol–water partition coefficient (Wildman–Crippen LogP) is 2.36. The van der Waals surface area contributed by atoms with E-state index in [1.807, 2.05) is 6.07 Å². The van der Waals surface area contributed by atoms with Crippen molar-refractivity contribution in [3.63, 3.8) is 0 Å². The molecule has 0 N–H and O–H groups in total. The highest BCUT2D eigenvalue weighted by Crippen LogP contribution is 2.39. The molecular weight excluding hydrogens is 156 g/mol. The molecular formula is C7H8N4O. The van der Waals surface area contributed by atoms with Gasteiger partial charge in [0.2, 0.25) is 0 Å². The van der Waals surface area contributed by atoms with Crippen molar-refractivity contribution in [1.82, 2.24) is 5.16 Å². The molecule has 2 rings (SSSR count). The molecule has 12 heavy (non-hydrogen) atoms. The monoisotopic (exact) mass is 164 g/mol. The molecule has 0 spiro atoms. The third-order valence-electron chi connectivity index (χ3n) is 1.86. The van der Waals surface area contributed by atoms with Gasteiger partial charge in [0.15, 0.2) is 0 Å². The van der Waals surface area contributed by atoms with Crippen LogP contribution in [-0.2, 0) is 6.54 Å². The highest BCUT2D eigenvalue weighted by Gasteiger charge is 2.26. The molecule has 0 amide bonds. The Balaban J connectivity index is 2.07. The van der Waals surface area contributed by atoms with Crippen LogP contribution in [0.4, 0.5) is 0 Å². The number of rotatable bonds is 3. The Kier molecular flexibility index (Phi) is 1.72. The average Bonchev–Trinajstić information content (AvgIpc) is 2.83. The van der Waals surface area contributed by atoms with Crippen LogP contribution in [0.15, 0.2) is 15.7 Å². The van der Waals surface area contributed by atoms with Crippen LogP contribution in [0.2, 0.25) is 0 Å². The second-order valence-corrected chi connectivity index (χ2v) is 2.88. The SMILES string of the molecule is [N-]=[N+]=NCc1cc(C2CC2)no1. The second kappa shape index (κ2) is 2.87. The first kappa shape index (κ1) is 7.18. The number of azide groups is 1. The summed E-state index contributed by atoms with van der Waals surface area (Å²) in [6, 6.07) is 1.87. The molecule has 0 atom stereocenters. The molecule has 1 saturated carbocycles. The first-order chi connectivity index (χ1) is 5.90. The van der Waals surface area contributed by atoms with Gasteiger partial charge < -0.3 is 4.52 Å². The normalized spacial score (nSPS) is 15.7. The topological polar surface area (TPSA) is 74.8 Å². The van der Waals surface area contributed by atoms with E-state index in [1.54, 1.807) is 0 Å². The maximum Gasteiger partial charge on any atom is 0.142 e. The fourth-order valence-electron chi connectivity index (χ4n) is 1.08. The van der Waals surface area contributed by atoms with E-state index in [-0.39, 0.29) is 6.54 Å². The first-order valence-corrected chi connectivity index (χ1v) is 3.86. The minimum atomic E-state index is 0.260. The number of hydrogen-bond acceptors (Lipinski definition) is 3. The third-order valence-corrected chi connectivity index (χ3v) is 1.86. The highest BCUT2D eigenvalue weighted by molar-refractivity contribution is 5.15. The van der Waals surface area contributed by atoms with Gasteiger partial charge in [-0.1, -0.05) is 10.3 Å². The van der Waals surface area contributed by atoms with Crippen LogP contribution >= 0.6 is 0 Å². The van der Waals surface area contributed by atoms with E-state index >= 15 is 0 Å². The predicted molar refractivity (Wildman–Crippen MR) is 41.3 cm³/mol. The standard InChI is InChI=1S/C7H8N4O/c8-11-9-4-6-3-7(10-12-6)5-1-2-5/h3,5H,1-2,4H2. The molecule has 0 unspecified atom stereocenters. The Morgan fingerprint density at radius 1 is 1.75 bits per heavy atom. The molecule has 1 aliphatic rings. The molecule has 1 fully saturated rings. The van der Waals surface area contributed by atoms with E-state index in [4.69, 9.17) is 10.1 Å². The zero-order valence-electron chi connectivity index (χ0n) is 6.47. The van der Waals surface area contributed by atoms with Crippen molar-refractivity contribution >= 4 is 0 Å². The van der Waals surface area contributed by atoms with Crippen LogP contribution in [0, 0.1) is 0 Å². The van der Waals surface area contributed by atoms with E-state index in [0.717, 1.165) is 5.69 Å². The molecule has 0 radical (unpaired) electrons. The summed E-state index contributed by atoms with van der Waals surface area (Å²) in [4.78, 5) is 2.64. The van der Waals surface area contributed by atoms with Crippen molar-refractivity contribution in [2.45, 2.75) is 25.3 Å². The molecule has 0 saturated heterocycles. The van der Waals surface area contributed by atoms with Gasteiger partial charge in [0.05, 0.1) is 12.2 Å². The van der Waals surface area contributed by atoms with Crippen LogP contribution < -0.4 is 0 Å². The molecule has 62 valence electrons. The van der Waals surface area contributed by atoms with Crippen molar-refractivity contribution in [3.8, 4) is 0 Å². The van der Waals surface area contributed by atoms with E-state index in [9.17, 15) is 0 Å². The van der Waals surface area contributed by atoms with Gasteiger partial charge in [-0.05, 0) is 18.4 Å². The summed E-state index contributed by atoms with van der Waals surface area (Å²) in [6.45, 7) is 0.260. The van der Waals surface area contributed by atoms with Crippen molar-refractivity contribution < 1.29 is 4.52 Å². The third kappa shape index (κ3) is 1.40. The molecule has 5 heteroatoms. The van der Waals surface area contributed by atoms with Gasteiger partial charge in [-0.25, -0.2) is 0 Å². The van der Waals surface area contributed by atoms with Gasteiger partial charge >= 0.3 is 0 Å². The molecule has 1 heterocycles. The fourth-order valence-corrected chi connectivity index (χ4v) is 1.08. The lowest BCUT2D eigenvalue weighted by Gasteiger charge is -1.80. The van der Waals surface area contributed by atoms with Crippen molar-refractivity contribution in [3.05, 3.63) is 28.0 Å².